The number of H-pyrrole nitrogens is 2. The Morgan fingerprint density at radius 3 is 2.82 bits per heavy atom. The molecule has 1 aliphatic rings. The van der Waals surface area contributed by atoms with E-state index in [-0.39, 0.29) is 5.69 Å². The van der Waals surface area contributed by atoms with Crippen molar-refractivity contribution < 1.29 is 0 Å². The van der Waals surface area contributed by atoms with Crippen molar-refractivity contribution >= 4 is 33.7 Å². The second-order valence-corrected chi connectivity index (χ2v) is 4.61. The van der Waals surface area contributed by atoms with Crippen molar-refractivity contribution in [3.8, 4) is 0 Å². The molecular formula is C10H9N5OS. The second-order valence-electron chi connectivity index (χ2n) is 3.61. The van der Waals surface area contributed by atoms with Crippen LogP contribution in [0.1, 0.15) is 5.56 Å². The molecule has 7 heteroatoms. The molecule has 1 aromatic carbocycles. The summed E-state index contributed by atoms with van der Waals surface area (Å²) in [4.78, 5) is 16.5. The summed E-state index contributed by atoms with van der Waals surface area (Å²) < 4.78 is 0. The van der Waals surface area contributed by atoms with Gasteiger partial charge in [-0.1, -0.05) is 17.8 Å². The molecule has 0 saturated carbocycles. The molecule has 1 aromatic heterocycles. The predicted molar refractivity (Wildman–Crippen MR) is 69.5 cm³/mol. The average Bonchev–Trinajstić information content (AvgIpc) is 2.69. The first-order chi connectivity index (χ1) is 8.22. The Morgan fingerprint density at radius 1 is 1.24 bits per heavy atom. The van der Waals surface area contributed by atoms with Gasteiger partial charge in [0.05, 0.1) is 16.7 Å². The van der Waals surface area contributed by atoms with Gasteiger partial charge in [0.2, 0.25) is 0 Å². The van der Waals surface area contributed by atoms with Crippen molar-refractivity contribution in [2.75, 3.05) is 5.75 Å². The minimum absolute atomic E-state index is 0.209. The van der Waals surface area contributed by atoms with Crippen LogP contribution in [0.15, 0.2) is 33.2 Å². The van der Waals surface area contributed by atoms with Crippen molar-refractivity contribution in [3.63, 3.8) is 0 Å². The lowest BCUT2D eigenvalue weighted by atomic mass is 10.1. The van der Waals surface area contributed by atoms with Gasteiger partial charge in [-0.15, -0.1) is 5.10 Å². The molecule has 3 rings (SSSR count). The zero-order chi connectivity index (χ0) is 11.8. The molecule has 2 aromatic rings. The van der Waals surface area contributed by atoms with Crippen molar-refractivity contribution in [1.29, 1.82) is 0 Å². The number of fused-ring (bicyclic) bond motifs is 1. The van der Waals surface area contributed by atoms with Crippen LogP contribution >= 0.6 is 11.8 Å². The molecule has 0 spiro atoms. The lowest BCUT2D eigenvalue weighted by molar-refractivity contribution is 1.21. The molecular weight excluding hydrogens is 238 g/mol. The van der Waals surface area contributed by atoms with Gasteiger partial charge in [0.15, 0.2) is 5.17 Å². The van der Waals surface area contributed by atoms with Crippen molar-refractivity contribution in [2.24, 2.45) is 15.9 Å². The summed E-state index contributed by atoms with van der Waals surface area (Å²) >= 11 is 1.45. The summed E-state index contributed by atoms with van der Waals surface area (Å²) in [6, 6.07) is 5.63. The number of hydrogen-bond donors (Lipinski definition) is 3. The smallest absolute Gasteiger partial charge is 0.323 e. The molecule has 0 saturated heterocycles. The lowest BCUT2D eigenvalue weighted by Gasteiger charge is -2.08. The number of hydrogen-bond acceptors (Lipinski definition) is 5. The van der Waals surface area contributed by atoms with Crippen LogP contribution in [-0.2, 0) is 0 Å². The fraction of sp³-hybridized carbons (Fsp3) is 0.100. The van der Waals surface area contributed by atoms with Crippen LogP contribution in [-0.4, -0.2) is 26.6 Å². The van der Waals surface area contributed by atoms with E-state index < -0.39 is 0 Å². The van der Waals surface area contributed by atoms with E-state index in [0.717, 1.165) is 22.3 Å². The van der Waals surface area contributed by atoms with Crippen LogP contribution in [0, 0.1) is 0 Å². The number of aromatic nitrogens is 2. The molecule has 0 amide bonds. The zero-order valence-electron chi connectivity index (χ0n) is 8.73. The number of nitrogens with zero attached hydrogens (tertiary/aromatic N) is 2. The van der Waals surface area contributed by atoms with Gasteiger partial charge >= 0.3 is 5.69 Å². The number of rotatable bonds is 1. The maximum absolute atomic E-state index is 11.1. The summed E-state index contributed by atoms with van der Waals surface area (Å²) in [6.45, 7) is 0. The summed E-state index contributed by atoms with van der Waals surface area (Å²) in [5.74, 6) is 0.690. The third-order valence-electron chi connectivity index (χ3n) is 2.48. The first-order valence-electron chi connectivity index (χ1n) is 4.97. The number of thioether (sulfide) groups is 1. The van der Waals surface area contributed by atoms with E-state index in [1.54, 1.807) is 0 Å². The Bertz CT molecular complexity index is 696. The Morgan fingerprint density at radius 2 is 2.06 bits per heavy atom. The Balaban J connectivity index is 2.09. The normalized spacial score (nSPS) is 15.8. The molecule has 2 heterocycles. The van der Waals surface area contributed by atoms with Gasteiger partial charge in [0.25, 0.3) is 0 Å². The zero-order valence-corrected chi connectivity index (χ0v) is 9.54. The molecule has 0 radical (unpaired) electrons. The third kappa shape index (κ3) is 1.84. The SMILES string of the molecule is NC1=NN=C(c2ccc3[nH]c(=O)[nH]c3c2)CS1. The largest absolute Gasteiger partial charge is 0.377 e. The maximum Gasteiger partial charge on any atom is 0.323 e. The minimum Gasteiger partial charge on any atom is -0.377 e. The monoisotopic (exact) mass is 247 g/mol. The highest BCUT2D eigenvalue weighted by atomic mass is 32.2. The van der Waals surface area contributed by atoms with E-state index in [1.807, 2.05) is 18.2 Å². The lowest BCUT2D eigenvalue weighted by Crippen LogP contribution is -2.16. The Hall–Kier alpha value is -2.02. The van der Waals surface area contributed by atoms with Crippen LogP contribution in [0.25, 0.3) is 11.0 Å². The van der Waals surface area contributed by atoms with Gasteiger partial charge in [0, 0.05) is 11.3 Å². The number of aromatic amines is 2. The standard InChI is InChI=1S/C10H9N5OS/c11-9-15-14-8(4-17-9)5-1-2-6-7(3-5)13-10(16)12-6/h1-3H,4H2,(H2,11,15)(H2,12,13,16). The summed E-state index contributed by atoms with van der Waals surface area (Å²) in [7, 11) is 0. The van der Waals surface area contributed by atoms with E-state index in [2.05, 4.69) is 20.2 Å². The van der Waals surface area contributed by atoms with E-state index in [1.165, 1.54) is 11.8 Å². The van der Waals surface area contributed by atoms with Gasteiger partial charge in [-0.05, 0) is 12.1 Å². The summed E-state index contributed by atoms with van der Waals surface area (Å²) in [5.41, 5.74) is 8.66. The summed E-state index contributed by atoms with van der Waals surface area (Å²) in [6.07, 6.45) is 0. The number of benzene rings is 1. The minimum atomic E-state index is -0.209. The Labute approximate surface area is 100 Å². The van der Waals surface area contributed by atoms with Crippen LogP contribution in [0.2, 0.25) is 0 Å². The number of nitrogens with two attached hydrogens (primary N) is 1. The van der Waals surface area contributed by atoms with E-state index in [9.17, 15) is 4.79 Å². The molecule has 17 heavy (non-hydrogen) atoms. The highest BCUT2D eigenvalue weighted by Crippen LogP contribution is 2.16. The van der Waals surface area contributed by atoms with Crippen LogP contribution in [0.4, 0.5) is 0 Å². The van der Waals surface area contributed by atoms with Gasteiger partial charge in [-0.3, -0.25) is 0 Å². The molecule has 6 nitrogen and oxygen atoms in total. The first kappa shape index (κ1) is 10.2. The van der Waals surface area contributed by atoms with Crippen molar-refractivity contribution in [2.45, 2.75) is 0 Å². The van der Waals surface area contributed by atoms with Crippen LogP contribution in [0.5, 0.6) is 0 Å². The highest BCUT2D eigenvalue weighted by Gasteiger charge is 2.11. The maximum atomic E-state index is 11.1. The molecule has 1 aliphatic heterocycles. The van der Waals surface area contributed by atoms with Crippen molar-refractivity contribution in [1.82, 2.24) is 9.97 Å². The molecule has 4 N–H and O–H groups in total. The second kappa shape index (κ2) is 3.77. The highest BCUT2D eigenvalue weighted by molar-refractivity contribution is 8.14. The Kier molecular flexibility index (Phi) is 2.25. The van der Waals surface area contributed by atoms with Gasteiger partial charge in [-0.2, -0.15) is 5.10 Å². The number of imidazole rings is 1. The van der Waals surface area contributed by atoms with E-state index in [0.29, 0.717) is 10.9 Å². The molecule has 0 unspecified atom stereocenters. The van der Waals surface area contributed by atoms with E-state index in [4.69, 9.17) is 5.73 Å². The molecule has 0 aliphatic carbocycles. The summed E-state index contributed by atoms with van der Waals surface area (Å²) in [5, 5.41) is 8.37. The van der Waals surface area contributed by atoms with Gasteiger partial charge in [-0.25, -0.2) is 4.79 Å². The average molecular weight is 247 g/mol. The third-order valence-corrected chi connectivity index (χ3v) is 3.27. The first-order valence-corrected chi connectivity index (χ1v) is 5.96. The van der Waals surface area contributed by atoms with Crippen LogP contribution in [0.3, 0.4) is 0 Å². The molecule has 0 bridgehead atoms. The number of amidine groups is 1. The number of nitrogens with one attached hydrogen (secondary N) is 2. The predicted octanol–water partition coefficient (Wildman–Crippen LogP) is 0.622. The molecule has 0 atom stereocenters. The molecule has 0 fully saturated rings. The van der Waals surface area contributed by atoms with Crippen LogP contribution < -0.4 is 11.4 Å². The fourth-order valence-corrected chi connectivity index (χ4v) is 2.27. The fourth-order valence-electron chi connectivity index (χ4n) is 1.66. The van der Waals surface area contributed by atoms with Gasteiger partial charge in [0.1, 0.15) is 0 Å². The topological polar surface area (TPSA) is 99.4 Å². The van der Waals surface area contributed by atoms with Crippen molar-refractivity contribution in [3.05, 3.63) is 34.2 Å². The molecule has 86 valence electrons. The van der Waals surface area contributed by atoms with E-state index >= 15 is 0 Å². The van der Waals surface area contributed by atoms with Gasteiger partial charge < -0.3 is 15.7 Å². The quantitative estimate of drug-likeness (QED) is 0.688.